The summed E-state index contributed by atoms with van der Waals surface area (Å²) in [5.41, 5.74) is 1.07. The zero-order valence-electron chi connectivity index (χ0n) is 10.4. The molecule has 1 rings (SSSR count). The van der Waals surface area contributed by atoms with Crippen LogP contribution >= 0.6 is 23.4 Å². The van der Waals surface area contributed by atoms with Gasteiger partial charge in [-0.1, -0.05) is 56.3 Å². The van der Waals surface area contributed by atoms with Crippen LogP contribution in [0.5, 0.6) is 0 Å². The van der Waals surface area contributed by atoms with Crippen LogP contribution in [0.1, 0.15) is 38.7 Å². The number of halogens is 3. The van der Waals surface area contributed by atoms with Gasteiger partial charge < -0.3 is 0 Å². The zero-order chi connectivity index (χ0) is 13.3. The first-order valence-electron chi connectivity index (χ1n) is 5.74. The predicted molar refractivity (Wildman–Crippen MR) is 73.4 cm³/mol. The number of thioether (sulfide) groups is 1. The summed E-state index contributed by atoms with van der Waals surface area (Å²) in [7, 11) is 0. The molecule has 2 atom stereocenters. The van der Waals surface area contributed by atoms with Gasteiger partial charge in [0.2, 0.25) is 4.96 Å². The fraction of sp³-hybridized carbons (Fsp3) is 0.538. The van der Waals surface area contributed by atoms with Crippen LogP contribution in [-0.4, -0.2) is 11.6 Å². The van der Waals surface area contributed by atoms with Gasteiger partial charge >= 0.3 is 0 Å². The molecule has 0 radical (unpaired) electrons. The molecule has 0 heterocycles. The van der Waals surface area contributed by atoms with Crippen molar-refractivity contribution in [3.8, 4) is 0 Å². The maximum atomic E-state index is 12.4. The lowest BCUT2D eigenvalue weighted by Crippen LogP contribution is -1.94. The predicted octanol–water partition coefficient (Wildman–Crippen LogP) is 5.76. The first kappa shape index (κ1) is 16.7. The quantitative estimate of drug-likeness (QED) is 0.488. The molecule has 0 aliphatic heterocycles. The van der Waals surface area contributed by atoms with Crippen LogP contribution in [0.2, 0.25) is 0 Å². The molecule has 0 aliphatic rings. The van der Waals surface area contributed by atoms with E-state index in [0.29, 0.717) is 6.42 Å². The van der Waals surface area contributed by atoms with Gasteiger partial charge in [-0.3, -0.25) is 4.39 Å². The molecule has 1 aromatic carbocycles. The number of hydrogen-bond donors (Lipinski definition) is 0. The van der Waals surface area contributed by atoms with Crippen LogP contribution in [0.4, 0.5) is 8.78 Å². The van der Waals surface area contributed by atoms with Crippen molar-refractivity contribution in [2.45, 2.75) is 43.0 Å². The van der Waals surface area contributed by atoms with Crippen molar-refractivity contribution in [3.63, 3.8) is 0 Å². The van der Waals surface area contributed by atoms with E-state index in [-0.39, 0.29) is 12.6 Å². The average Bonchev–Trinajstić information content (AvgIpc) is 2.32. The molecule has 17 heavy (non-hydrogen) atoms. The summed E-state index contributed by atoms with van der Waals surface area (Å²) >= 11 is 6.17. The van der Waals surface area contributed by atoms with Gasteiger partial charge in [0.1, 0.15) is 0 Å². The molecule has 98 valence electrons. The minimum atomic E-state index is -1.42. The Morgan fingerprint density at radius 2 is 1.76 bits per heavy atom. The smallest absolute Gasteiger partial charge is 0.223 e. The van der Waals surface area contributed by atoms with Gasteiger partial charge in [-0.2, -0.15) is 0 Å². The Balaban J connectivity index is 0.00000121. The molecule has 4 heteroatoms. The Labute approximate surface area is 112 Å². The largest absolute Gasteiger partial charge is 0.251 e. The van der Waals surface area contributed by atoms with Gasteiger partial charge in [0.15, 0.2) is 0 Å². The van der Waals surface area contributed by atoms with Crippen LogP contribution in [0.15, 0.2) is 29.2 Å². The number of rotatable bonds is 5. The van der Waals surface area contributed by atoms with Crippen molar-refractivity contribution in [2.24, 2.45) is 0 Å². The molecular weight excluding hydrogens is 262 g/mol. The van der Waals surface area contributed by atoms with E-state index in [1.807, 2.05) is 45.0 Å². The molecule has 0 nitrogen and oxygen atoms in total. The molecule has 1 aromatic rings. The summed E-state index contributed by atoms with van der Waals surface area (Å²) in [4.78, 5) is -0.632. The number of benzene rings is 1. The van der Waals surface area contributed by atoms with Crippen LogP contribution in [0.25, 0.3) is 0 Å². The Morgan fingerprint density at radius 3 is 2.18 bits per heavy atom. The van der Waals surface area contributed by atoms with Gasteiger partial charge in [-0.25, -0.2) is 4.39 Å². The summed E-state index contributed by atoms with van der Waals surface area (Å²) in [5.74, 6) is 0.200. The molecule has 0 fully saturated rings. The first-order valence-corrected chi connectivity index (χ1v) is 7.06. The highest BCUT2D eigenvalue weighted by atomic mass is 35.5. The summed E-state index contributed by atoms with van der Waals surface area (Å²) in [6.45, 7) is 5.66. The lowest BCUT2D eigenvalue weighted by molar-refractivity contribution is 0.448. The molecular formula is C13H19ClF2S. The molecule has 0 bridgehead atoms. The van der Waals surface area contributed by atoms with Crippen molar-refractivity contribution >= 4 is 23.4 Å². The highest BCUT2D eigenvalue weighted by Gasteiger charge is 2.07. The maximum Gasteiger partial charge on any atom is 0.223 e. The Kier molecular flexibility index (Phi) is 9.56. The van der Waals surface area contributed by atoms with E-state index >= 15 is 0 Å². The highest BCUT2D eigenvalue weighted by molar-refractivity contribution is 8.00. The maximum absolute atomic E-state index is 12.4. The molecule has 0 N–H and O–H groups in total. The topological polar surface area (TPSA) is 0 Å². The third kappa shape index (κ3) is 6.89. The van der Waals surface area contributed by atoms with E-state index in [1.165, 1.54) is 0 Å². The molecule has 0 aromatic heterocycles. The standard InChI is InChI=1S/C11H13ClF2S.C2H6/c1-8(6-7-13)9-2-4-10(5-3-9)15-11(12)14;1-2/h2-5,8,11H,6-7H2,1H3;1-2H3. The van der Waals surface area contributed by atoms with Crippen LogP contribution < -0.4 is 0 Å². The SMILES string of the molecule is CC.CC(CCF)c1ccc(SC(F)Cl)cc1. The second-order valence-corrected chi connectivity index (χ2v) is 5.09. The van der Waals surface area contributed by atoms with E-state index in [4.69, 9.17) is 11.6 Å². The first-order chi connectivity index (χ1) is 8.13. The summed E-state index contributed by atoms with van der Waals surface area (Å²) < 4.78 is 24.6. The number of hydrogen-bond acceptors (Lipinski definition) is 1. The zero-order valence-corrected chi connectivity index (χ0v) is 12.0. The van der Waals surface area contributed by atoms with Gasteiger partial charge in [0.05, 0.1) is 6.67 Å². The van der Waals surface area contributed by atoms with Gasteiger partial charge in [0.25, 0.3) is 0 Å². The van der Waals surface area contributed by atoms with E-state index in [0.717, 1.165) is 22.2 Å². The van der Waals surface area contributed by atoms with E-state index < -0.39 is 4.96 Å². The van der Waals surface area contributed by atoms with E-state index in [1.54, 1.807) is 0 Å². The molecule has 0 aliphatic carbocycles. The lowest BCUT2D eigenvalue weighted by atomic mass is 9.99. The monoisotopic (exact) mass is 280 g/mol. The third-order valence-corrected chi connectivity index (χ3v) is 3.21. The fourth-order valence-electron chi connectivity index (χ4n) is 1.31. The molecule has 0 saturated carbocycles. The van der Waals surface area contributed by atoms with Crippen molar-refractivity contribution in [2.75, 3.05) is 6.67 Å². The van der Waals surface area contributed by atoms with E-state index in [9.17, 15) is 8.78 Å². The van der Waals surface area contributed by atoms with Crippen LogP contribution in [0, 0.1) is 0 Å². The summed E-state index contributed by atoms with van der Waals surface area (Å²) in [6.07, 6.45) is 0.522. The average molecular weight is 281 g/mol. The normalized spacial score (nSPS) is 13.5. The fourth-order valence-corrected chi connectivity index (χ4v) is 2.12. The van der Waals surface area contributed by atoms with Crippen molar-refractivity contribution < 1.29 is 8.78 Å². The Hall–Kier alpha value is -0.280. The van der Waals surface area contributed by atoms with Crippen molar-refractivity contribution in [1.82, 2.24) is 0 Å². The van der Waals surface area contributed by atoms with Gasteiger partial charge in [-0.05, 0) is 30.0 Å². The summed E-state index contributed by atoms with van der Waals surface area (Å²) in [6, 6.07) is 7.40. The van der Waals surface area contributed by atoms with E-state index in [2.05, 4.69) is 0 Å². The van der Waals surface area contributed by atoms with Gasteiger partial charge in [-0.15, -0.1) is 0 Å². The second kappa shape index (κ2) is 9.72. The van der Waals surface area contributed by atoms with Crippen LogP contribution in [0.3, 0.4) is 0 Å². The van der Waals surface area contributed by atoms with Crippen LogP contribution in [-0.2, 0) is 0 Å². The Morgan fingerprint density at radius 1 is 1.24 bits per heavy atom. The Bertz CT molecular complexity index is 288. The minimum Gasteiger partial charge on any atom is -0.251 e. The molecule has 0 amide bonds. The van der Waals surface area contributed by atoms with Crippen molar-refractivity contribution in [1.29, 1.82) is 0 Å². The number of alkyl halides is 3. The van der Waals surface area contributed by atoms with Crippen molar-refractivity contribution in [3.05, 3.63) is 29.8 Å². The lowest BCUT2D eigenvalue weighted by Gasteiger charge is -2.10. The summed E-state index contributed by atoms with van der Waals surface area (Å²) in [5, 5.41) is 0. The molecule has 0 spiro atoms. The molecule has 0 saturated heterocycles. The molecule has 2 unspecified atom stereocenters. The third-order valence-electron chi connectivity index (χ3n) is 2.22. The van der Waals surface area contributed by atoms with Gasteiger partial charge in [0, 0.05) is 4.90 Å². The highest BCUT2D eigenvalue weighted by Crippen LogP contribution is 2.28. The minimum absolute atomic E-state index is 0.200. The second-order valence-electron chi connectivity index (χ2n) is 3.33.